The van der Waals surface area contributed by atoms with Crippen molar-refractivity contribution in [2.45, 2.75) is 71.6 Å². The van der Waals surface area contributed by atoms with Gasteiger partial charge >= 0.3 is 0 Å². The zero-order valence-corrected chi connectivity index (χ0v) is 21.6. The third-order valence-corrected chi connectivity index (χ3v) is 5.88. The van der Waals surface area contributed by atoms with E-state index >= 15 is 0 Å². The molecule has 0 radical (unpaired) electrons. The van der Waals surface area contributed by atoms with Crippen LogP contribution in [0.15, 0.2) is 17.1 Å². The van der Waals surface area contributed by atoms with E-state index in [9.17, 15) is 0 Å². The number of nitrogens with one attached hydrogen (secondary N) is 2. The van der Waals surface area contributed by atoms with Gasteiger partial charge in [0.15, 0.2) is 5.96 Å². The van der Waals surface area contributed by atoms with Gasteiger partial charge in [-0.3, -0.25) is 4.99 Å². The summed E-state index contributed by atoms with van der Waals surface area (Å²) in [5, 5.41) is 15.6. The molecule has 0 aliphatic carbocycles. The van der Waals surface area contributed by atoms with Crippen molar-refractivity contribution in [3.8, 4) is 11.5 Å². The molecule has 32 heavy (non-hydrogen) atoms. The van der Waals surface area contributed by atoms with Crippen LogP contribution in [-0.2, 0) is 32.4 Å². The quantitative estimate of drug-likeness (QED) is 0.311. The van der Waals surface area contributed by atoms with Gasteiger partial charge in [0, 0.05) is 57.1 Å². The number of halogens is 1. The summed E-state index contributed by atoms with van der Waals surface area (Å²) in [7, 11) is 1.79. The van der Waals surface area contributed by atoms with E-state index in [1.54, 1.807) is 7.05 Å². The molecule has 3 heterocycles. The molecule has 0 fully saturated rings. The van der Waals surface area contributed by atoms with Crippen LogP contribution in [0.3, 0.4) is 0 Å². The number of rotatable bonds is 7. The zero-order chi connectivity index (χ0) is 21.6. The summed E-state index contributed by atoms with van der Waals surface area (Å²) < 4.78 is 14.1. The minimum Gasteiger partial charge on any atom is -0.494 e. The predicted octanol–water partition coefficient (Wildman–Crippen LogP) is 3.25. The van der Waals surface area contributed by atoms with Crippen LogP contribution in [0.5, 0.6) is 11.5 Å². The number of aromatic nitrogens is 3. The molecule has 1 unspecified atom stereocenters. The molecule has 0 amide bonds. The zero-order valence-electron chi connectivity index (χ0n) is 19.3. The Hall–Kier alpha value is -2.04. The number of ether oxygens (including phenoxy) is 2. The smallest absolute Gasteiger partial charge is 0.191 e. The highest BCUT2D eigenvalue weighted by atomic mass is 127. The lowest BCUT2D eigenvalue weighted by molar-refractivity contribution is 0.254. The average molecular weight is 554 g/mol. The van der Waals surface area contributed by atoms with Crippen molar-refractivity contribution in [3.63, 3.8) is 0 Å². The fraction of sp³-hybridized carbons (Fsp3) is 0.609. The van der Waals surface area contributed by atoms with Crippen molar-refractivity contribution in [2.24, 2.45) is 4.99 Å². The number of aliphatic imine (C=N–C) groups is 1. The van der Waals surface area contributed by atoms with Gasteiger partial charge in [0.1, 0.15) is 29.3 Å². The van der Waals surface area contributed by atoms with Crippen LogP contribution in [0, 0.1) is 0 Å². The number of nitrogens with zero attached hydrogens (tertiary/aromatic N) is 4. The molecule has 0 saturated heterocycles. The van der Waals surface area contributed by atoms with E-state index in [1.807, 2.05) is 6.92 Å². The van der Waals surface area contributed by atoms with Gasteiger partial charge in [0.2, 0.25) is 0 Å². The molecule has 2 N–H and O–H groups in total. The SMILES string of the molecule is CCOc1cc2c(cc1CNC(=NC)NCCc1nnc3n1CCCCC3)OC(C)C2.I. The molecule has 2 aliphatic heterocycles. The van der Waals surface area contributed by atoms with Crippen molar-refractivity contribution >= 4 is 29.9 Å². The third kappa shape index (κ3) is 5.85. The summed E-state index contributed by atoms with van der Waals surface area (Å²) in [4.78, 5) is 4.36. The first-order valence-corrected chi connectivity index (χ1v) is 11.5. The summed E-state index contributed by atoms with van der Waals surface area (Å²) in [6.45, 7) is 7.14. The lowest BCUT2D eigenvalue weighted by atomic mass is 10.1. The van der Waals surface area contributed by atoms with E-state index < -0.39 is 0 Å². The minimum absolute atomic E-state index is 0. The fourth-order valence-electron chi connectivity index (χ4n) is 4.33. The summed E-state index contributed by atoms with van der Waals surface area (Å²) >= 11 is 0. The molecule has 176 valence electrons. The molecule has 2 aliphatic rings. The second kappa shape index (κ2) is 11.7. The van der Waals surface area contributed by atoms with E-state index in [-0.39, 0.29) is 30.1 Å². The fourth-order valence-corrected chi connectivity index (χ4v) is 4.33. The molecule has 1 aromatic heterocycles. The summed E-state index contributed by atoms with van der Waals surface area (Å²) in [6, 6.07) is 4.21. The molecule has 9 heteroatoms. The van der Waals surface area contributed by atoms with Gasteiger partial charge in [0.25, 0.3) is 0 Å². The Labute approximate surface area is 207 Å². The van der Waals surface area contributed by atoms with Gasteiger partial charge in [-0.1, -0.05) is 6.42 Å². The number of aryl methyl sites for hydroxylation is 1. The van der Waals surface area contributed by atoms with Crippen molar-refractivity contribution in [2.75, 3.05) is 20.2 Å². The van der Waals surface area contributed by atoms with Crippen LogP contribution in [0.1, 0.15) is 55.9 Å². The maximum atomic E-state index is 5.93. The Morgan fingerprint density at radius 3 is 2.94 bits per heavy atom. The monoisotopic (exact) mass is 554 g/mol. The maximum Gasteiger partial charge on any atom is 0.191 e. The molecule has 1 aromatic carbocycles. The van der Waals surface area contributed by atoms with Gasteiger partial charge in [-0.2, -0.15) is 0 Å². The first-order chi connectivity index (χ1) is 15.2. The molecule has 0 spiro atoms. The molecule has 8 nitrogen and oxygen atoms in total. The molecule has 0 bridgehead atoms. The third-order valence-electron chi connectivity index (χ3n) is 5.88. The number of guanidine groups is 1. The Balaban J connectivity index is 0.00000289. The van der Waals surface area contributed by atoms with E-state index in [0.717, 1.165) is 67.0 Å². The number of benzene rings is 1. The van der Waals surface area contributed by atoms with Crippen molar-refractivity contribution in [3.05, 3.63) is 34.9 Å². The molecule has 1 atom stereocenters. The molecule has 0 saturated carbocycles. The first kappa shape index (κ1) is 24.6. The maximum absolute atomic E-state index is 5.93. The van der Waals surface area contributed by atoms with E-state index in [0.29, 0.717) is 13.2 Å². The largest absolute Gasteiger partial charge is 0.494 e. The predicted molar refractivity (Wildman–Crippen MR) is 136 cm³/mol. The molecule has 4 rings (SSSR count). The Morgan fingerprint density at radius 2 is 2.12 bits per heavy atom. The number of fused-ring (bicyclic) bond motifs is 2. The van der Waals surface area contributed by atoms with Crippen molar-refractivity contribution < 1.29 is 9.47 Å². The second-order valence-corrected chi connectivity index (χ2v) is 8.23. The lowest BCUT2D eigenvalue weighted by Crippen LogP contribution is -2.38. The van der Waals surface area contributed by atoms with Gasteiger partial charge in [-0.15, -0.1) is 34.2 Å². The van der Waals surface area contributed by atoms with Crippen LogP contribution in [0.25, 0.3) is 0 Å². The Bertz CT molecular complexity index is 929. The van der Waals surface area contributed by atoms with E-state index in [1.165, 1.54) is 24.8 Å². The van der Waals surface area contributed by atoms with E-state index in [4.69, 9.17) is 9.47 Å². The van der Waals surface area contributed by atoms with Crippen LogP contribution in [0.4, 0.5) is 0 Å². The van der Waals surface area contributed by atoms with Crippen LogP contribution >= 0.6 is 24.0 Å². The van der Waals surface area contributed by atoms with Crippen LogP contribution in [0.2, 0.25) is 0 Å². The van der Waals surface area contributed by atoms with E-state index in [2.05, 4.69) is 49.4 Å². The topological polar surface area (TPSA) is 85.6 Å². The lowest BCUT2D eigenvalue weighted by Gasteiger charge is -2.16. The van der Waals surface area contributed by atoms with Gasteiger partial charge in [-0.25, -0.2) is 0 Å². The van der Waals surface area contributed by atoms with Crippen molar-refractivity contribution in [1.29, 1.82) is 0 Å². The Kier molecular flexibility index (Phi) is 9.01. The first-order valence-electron chi connectivity index (χ1n) is 11.5. The standard InChI is InChI=1S/C23H34N6O2.HI/c1-4-30-19-13-17-12-16(2)31-20(17)14-18(19)15-26-23(24-3)25-10-9-22-28-27-21-8-6-5-7-11-29(21)22;/h13-14,16H,4-12,15H2,1-3H3,(H2,24,25,26);1H. The molecule has 2 aromatic rings. The van der Waals surface area contributed by atoms with Crippen LogP contribution in [-0.4, -0.2) is 47.0 Å². The number of hydrogen-bond acceptors (Lipinski definition) is 5. The summed E-state index contributed by atoms with van der Waals surface area (Å²) in [5.41, 5.74) is 2.29. The highest BCUT2D eigenvalue weighted by molar-refractivity contribution is 14.0. The highest BCUT2D eigenvalue weighted by Gasteiger charge is 2.22. The minimum atomic E-state index is 0. The van der Waals surface area contributed by atoms with Crippen molar-refractivity contribution in [1.82, 2.24) is 25.4 Å². The molecular formula is C23H35IN6O2. The second-order valence-electron chi connectivity index (χ2n) is 8.23. The van der Waals surface area contributed by atoms with Gasteiger partial charge < -0.3 is 24.7 Å². The number of hydrogen-bond donors (Lipinski definition) is 2. The average Bonchev–Trinajstić information content (AvgIpc) is 3.22. The summed E-state index contributed by atoms with van der Waals surface area (Å²) in [5.74, 6) is 4.82. The highest BCUT2D eigenvalue weighted by Crippen LogP contribution is 2.35. The van der Waals surface area contributed by atoms with Gasteiger partial charge in [-0.05, 0) is 38.8 Å². The van der Waals surface area contributed by atoms with Gasteiger partial charge in [0.05, 0.1) is 6.61 Å². The Morgan fingerprint density at radius 1 is 1.25 bits per heavy atom. The molecular weight excluding hydrogens is 519 g/mol. The van der Waals surface area contributed by atoms with Crippen LogP contribution < -0.4 is 20.1 Å². The summed E-state index contributed by atoms with van der Waals surface area (Å²) in [6.07, 6.45) is 6.70. The normalized spacial score (nSPS) is 17.5.